The van der Waals surface area contributed by atoms with Gasteiger partial charge in [-0.1, -0.05) is 48.5 Å². The first-order valence-electron chi connectivity index (χ1n) is 9.50. The summed E-state index contributed by atoms with van der Waals surface area (Å²) in [6, 6.07) is 19.8. The Kier molecular flexibility index (Phi) is 3.50. The SMILES string of the molecule is O=C1[C@@H]2C3c4ccccc4C(c4ccccc43)[C@H]2C(=O)N1/N=C\c1ccc(Br)o1. The number of benzene rings is 2. The highest BCUT2D eigenvalue weighted by Gasteiger charge is 2.61. The Labute approximate surface area is 175 Å². The minimum absolute atomic E-state index is 0.119. The largest absolute Gasteiger partial charge is 0.448 e. The summed E-state index contributed by atoms with van der Waals surface area (Å²) in [5.41, 5.74) is 4.61. The van der Waals surface area contributed by atoms with Crippen molar-refractivity contribution in [3.8, 4) is 0 Å². The Morgan fingerprint density at radius 1 is 0.793 bits per heavy atom. The molecule has 0 saturated carbocycles. The fourth-order valence-electron chi connectivity index (χ4n) is 5.29. The predicted octanol–water partition coefficient (Wildman–Crippen LogP) is 4.27. The zero-order valence-electron chi connectivity index (χ0n) is 15.2. The van der Waals surface area contributed by atoms with Gasteiger partial charge in [0.25, 0.3) is 11.8 Å². The first kappa shape index (κ1) is 16.9. The molecule has 3 aromatic rings. The Hall–Kier alpha value is -2.99. The van der Waals surface area contributed by atoms with Gasteiger partial charge in [-0.25, -0.2) is 0 Å². The smallest absolute Gasteiger partial charge is 0.254 e. The Balaban J connectivity index is 1.47. The van der Waals surface area contributed by atoms with Crippen molar-refractivity contribution in [2.24, 2.45) is 16.9 Å². The molecule has 1 aliphatic heterocycles. The van der Waals surface area contributed by atoms with Crippen LogP contribution in [0.25, 0.3) is 0 Å². The fraction of sp³-hybridized carbons (Fsp3) is 0.174. The molecule has 7 rings (SSSR count). The molecule has 1 fully saturated rings. The molecule has 5 nitrogen and oxygen atoms in total. The lowest BCUT2D eigenvalue weighted by Gasteiger charge is -2.45. The second kappa shape index (κ2) is 6.00. The molecule has 2 heterocycles. The van der Waals surface area contributed by atoms with E-state index in [-0.39, 0.29) is 23.7 Å². The molecule has 4 aliphatic rings. The second-order valence-electron chi connectivity index (χ2n) is 7.64. The van der Waals surface area contributed by atoms with Crippen LogP contribution in [0.4, 0.5) is 0 Å². The average molecular weight is 447 g/mol. The van der Waals surface area contributed by atoms with E-state index in [4.69, 9.17) is 4.42 Å². The predicted molar refractivity (Wildman–Crippen MR) is 109 cm³/mol. The number of hydrogen-bond acceptors (Lipinski definition) is 4. The van der Waals surface area contributed by atoms with Gasteiger partial charge in [0.05, 0.1) is 18.1 Å². The van der Waals surface area contributed by atoms with Gasteiger partial charge < -0.3 is 4.42 Å². The Bertz CT molecular complexity index is 1100. The van der Waals surface area contributed by atoms with Gasteiger partial charge in [0, 0.05) is 11.8 Å². The molecule has 6 heteroatoms. The fourth-order valence-corrected chi connectivity index (χ4v) is 5.61. The summed E-state index contributed by atoms with van der Waals surface area (Å²) in [5, 5.41) is 5.26. The monoisotopic (exact) mass is 446 g/mol. The van der Waals surface area contributed by atoms with Crippen LogP contribution in [-0.4, -0.2) is 23.0 Å². The number of carbonyl (C=O) groups excluding carboxylic acids is 2. The number of furan rings is 1. The molecule has 2 amide bonds. The van der Waals surface area contributed by atoms with Gasteiger partial charge in [0.2, 0.25) is 0 Å². The van der Waals surface area contributed by atoms with Gasteiger partial charge in [-0.2, -0.15) is 10.1 Å². The van der Waals surface area contributed by atoms with Crippen molar-refractivity contribution in [3.05, 3.63) is 93.3 Å². The van der Waals surface area contributed by atoms with Crippen LogP contribution in [0.2, 0.25) is 0 Å². The average Bonchev–Trinajstić information content (AvgIpc) is 3.28. The van der Waals surface area contributed by atoms with E-state index in [9.17, 15) is 9.59 Å². The summed E-state index contributed by atoms with van der Waals surface area (Å²) in [7, 11) is 0. The molecule has 2 atom stereocenters. The summed E-state index contributed by atoms with van der Waals surface area (Å²) >= 11 is 3.24. The van der Waals surface area contributed by atoms with Crippen molar-refractivity contribution in [2.45, 2.75) is 11.8 Å². The normalized spacial score (nSPS) is 26.7. The molecule has 1 saturated heterocycles. The van der Waals surface area contributed by atoms with E-state index in [0.29, 0.717) is 10.4 Å². The van der Waals surface area contributed by atoms with Gasteiger partial charge >= 0.3 is 0 Å². The maximum absolute atomic E-state index is 13.3. The van der Waals surface area contributed by atoms with Gasteiger partial charge in [0.1, 0.15) is 5.76 Å². The van der Waals surface area contributed by atoms with Crippen LogP contribution >= 0.6 is 15.9 Å². The minimum atomic E-state index is -0.419. The third kappa shape index (κ3) is 2.23. The molecular weight excluding hydrogens is 432 g/mol. The standard InChI is InChI=1S/C23H15BrN2O3/c24-17-10-9-12(29-17)11-25-26-22(27)20-18-13-5-1-2-6-14(13)19(21(20)23(26)28)16-8-4-3-7-15(16)18/h1-11,18-21H/b25-11-/t18?,19?,20-,21-/m1/s1. The van der Waals surface area contributed by atoms with Crippen molar-refractivity contribution < 1.29 is 14.0 Å². The van der Waals surface area contributed by atoms with Crippen LogP contribution in [0.3, 0.4) is 0 Å². The molecule has 142 valence electrons. The zero-order valence-corrected chi connectivity index (χ0v) is 16.7. The van der Waals surface area contributed by atoms with Crippen molar-refractivity contribution in [2.75, 3.05) is 0 Å². The van der Waals surface area contributed by atoms with Gasteiger partial charge in [0.15, 0.2) is 4.67 Å². The van der Waals surface area contributed by atoms with E-state index in [1.807, 2.05) is 24.3 Å². The first-order valence-corrected chi connectivity index (χ1v) is 10.3. The van der Waals surface area contributed by atoms with E-state index in [0.717, 1.165) is 27.3 Å². The first-order chi connectivity index (χ1) is 14.1. The third-order valence-corrected chi connectivity index (χ3v) is 6.75. The van der Waals surface area contributed by atoms with E-state index in [1.54, 1.807) is 12.1 Å². The number of imide groups is 1. The van der Waals surface area contributed by atoms with Crippen LogP contribution < -0.4 is 0 Å². The molecule has 29 heavy (non-hydrogen) atoms. The molecule has 3 aliphatic carbocycles. The lowest BCUT2D eigenvalue weighted by atomic mass is 9.55. The topological polar surface area (TPSA) is 62.9 Å². The summed E-state index contributed by atoms with van der Waals surface area (Å²) in [5.74, 6) is -1.07. The third-order valence-electron chi connectivity index (χ3n) is 6.32. The highest BCUT2D eigenvalue weighted by Crippen LogP contribution is 2.60. The zero-order chi connectivity index (χ0) is 19.7. The van der Waals surface area contributed by atoms with Gasteiger partial charge in [-0.05, 0) is 50.3 Å². The maximum Gasteiger partial charge on any atom is 0.254 e. The number of amides is 2. The molecule has 2 bridgehead atoms. The quantitative estimate of drug-likeness (QED) is 0.436. The summed E-state index contributed by atoms with van der Waals surface area (Å²) in [4.78, 5) is 26.7. The van der Waals surface area contributed by atoms with Gasteiger partial charge in [-0.3, -0.25) is 9.59 Å². The lowest BCUT2D eigenvalue weighted by Crippen LogP contribution is -2.41. The Morgan fingerprint density at radius 2 is 1.28 bits per heavy atom. The van der Waals surface area contributed by atoms with Crippen LogP contribution in [0.1, 0.15) is 39.8 Å². The molecule has 0 spiro atoms. The van der Waals surface area contributed by atoms with Crippen molar-refractivity contribution in [3.63, 3.8) is 0 Å². The number of halogens is 1. The number of hydrogen-bond donors (Lipinski definition) is 0. The summed E-state index contributed by atoms with van der Waals surface area (Å²) < 4.78 is 5.97. The highest BCUT2D eigenvalue weighted by atomic mass is 79.9. The number of nitrogens with zero attached hydrogens (tertiary/aromatic N) is 2. The van der Waals surface area contributed by atoms with E-state index in [1.165, 1.54) is 6.21 Å². The maximum atomic E-state index is 13.3. The number of rotatable bonds is 2. The molecule has 0 radical (unpaired) electrons. The second-order valence-corrected chi connectivity index (χ2v) is 8.42. The molecule has 0 unspecified atom stereocenters. The van der Waals surface area contributed by atoms with Gasteiger partial charge in [-0.15, -0.1) is 0 Å². The number of hydrazone groups is 1. The van der Waals surface area contributed by atoms with E-state index in [2.05, 4.69) is 45.3 Å². The van der Waals surface area contributed by atoms with Crippen LogP contribution in [-0.2, 0) is 9.59 Å². The highest BCUT2D eigenvalue weighted by molar-refractivity contribution is 9.10. The molecule has 2 aromatic carbocycles. The minimum Gasteiger partial charge on any atom is -0.448 e. The van der Waals surface area contributed by atoms with Crippen molar-refractivity contribution >= 4 is 34.0 Å². The summed E-state index contributed by atoms with van der Waals surface area (Å²) in [6.07, 6.45) is 1.42. The number of carbonyl (C=O) groups is 2. The van der Waals surface area contributed by atoms with Crippen molar-refractivity contribution in [1.29, 1.82) is 0 Å². The van der Waals surface area contributed by atoms with Crippen molar-refractivity contribution in [1.82, 2.24) is 5.01 Å². The van der Waals surface area contributed by atoms with Crippen LogP contribution in [0, 0.1) is 11.8 Å². The van der Waals surface area contributed by atoms with Crippen LogP contribution in [0.5, 0.6) is 0 Å². The van der Waals surface area contributed by atoms with Crippen LogP contribution in [0.15, 0.2) is 74.9 Å². The van der Waals surface area contributed by atoms with E-state index < -0.39 is 11.8 Å². The molecular formula is C23H15BrN2O3. The summed E-state index contributed by atoms with van der Waals surface area (Å²) in [6.45, 7) is 0. The Morgan fingerprint density at radius 3 is 1.69 bits per heavy atom. The van der Waals surface area contributed by atoms with E-state index >= 15 is 0 Å². The molecule has 1 aromatic heterocycles. The molecule has 0 N–H and O–H groups in total. The lowest BCUT2D eigenvalue weighted by molar-refractivity contribution is -0.139.